The molecule has 6 rings (SSSR count). The second-order valence-electron chi connectivity index (χ2n) is 13.2. The Morgan fingerprint density at radius 2 is 1.56 bits per heavy atom. The maximum Gasteiger partial charge on any atom is 0.460 e. The number of fused-ring (bicyclic) bond motifs is 4. The van der Waals surface area contributed by atoms with Gasteiger partial charge in [0.15, 0.2) is 5.78 Å². The lowest BCUT2D eigenvalue weighted by molar-refractivity contribution is -0.382. The third kappa shape index (κ3) is 3.89. The van der Waals surface area contributed by atoms with Gasteiger partial charge in [-0.05, 0) is 79.7 Å². The summed E-state index contributed by atoms with van der Waals surface area (Å²) in [7, 11) is -7.17. The third-order valence-electron chi connectivity index (χ3n) is 11.2. The number of carbonyl (C=O) groups is 2. The molecule has 0 bridgehead atoms. The number of ketones is 2. The molecule has 248 valence electrons. The van der Waals surface area contributed by atoms with Crippen molar-refractivity contribution in [3.8, 4) is 5.75 Å². The molecule has 0 aliphatic heterocycles. The van der Waals surface area contributed by atoms with Crippen LogP contribution in [-0.4, -0.2) is 54.0 Å². The predicted octanol–water partition coefficient (Wildman–Crippen LogP) is 6.27. The zero-order valence-electron chi connectivity index (χ0n) is 23.5. The van der Waals surface area contributed by atoms with Gasteiger partial charge in [-0.25, -0.2) is 0 Å². The lowest BCUT2D eigenvalue weighted by atomic mass is 9.38. The lowest BCUT2D eigenvalue weighted by Crippen LogP contribution is -2.69. The minimum Gasteiger partial charge on any atom is -0.388 e. The predicted molar refractivity (Wildman–Crippen MR) is 136 cm³/mol. The second-order valence-corrected chi connectivity index (χ2v) is 14.8. The van der Waals surface area contributed by atoms with Crippen molar-refractivity contribution in [1.82, 2.24) is 0 Å². The molecule has 16 heteroatoms. The van der Waals surface area contributed by atoms with E-state index in [1.54, 1.807) is 0 Å². The summed E-state index contributed by atoms with van der Waals surface area (Å²) in [6.07, 6.45) is -3.72. The van der Waals surface area contributed by atoms with E-state index in [1.165, 1.54) is 12.1 Å². The van der Waals surface area contributed by atoms with Crippen molar-refractivity contribution in [2.75, 3.05) is 0 Å². The van der Waals surface area contributed by atoms with Crippen molar-refractivity contribution < 1.29 is 66.8 Å². The first-order valence-electron chi connectivity index (χ1n) is 14.2. The molecule has 0 heterocycles. The molecule has 6 atom stereocenters. The molecule has 0 radical (unpaired) electrons. The van der Waals surface area contributed by atoms with Crippen LogP contribution in [0.2, 0.25) is 0 Å². The Hall–Kier alpha value is -2.62. The van der Waals surface area contributed by atoms with E-state index >= 15 is 0 Å². The smallest absolute Gasteiger partial charge is 0.388 e. The molecule has 0 saturated heterocycles. The van der Waals surface area contributed by atoms with Crippen LogP contribution in [0.3, 0.4) is 0 Å². The Labute approximate surface area is 251 Å². The van der Waals surface area contributed by atoms with Crippen molar-refractivity contribution in [2.45, 2.75) is 93.1 Å². The summed E-state index contributed by atoms with van der Waals surface area (Å²) in [6, 6.07) is 2.81. The first kappa shape index (κ1) is 32.3. The number of carbonyl (C=O) groups excluding carboxylic acids is 2. The van der Waals surface area contributed by atoms with Crippen LogP contribution in [0.25, 0.3) is 0 Å². The van der Waals surface area contributed by atoms with Crippen LogP contribution in [0.5, 0.6) is 5.75 Å². The molecule has 1 N–H and O–H groups in total. The van der Waals surface area contributed by atoms with Gasteiger partial charge >= 0.3 is 33.4 Å². The van der Waals surface area contributed by atoms with Gasteiger partial charge in [-0.1, -0.05) is 18.6 Å². The molecular weight excluding hydrogens is 647 g/mol. The molecule has 0 aromatic heterocycles. The number of hydrogen-bond donors (Lipinski definition) is 1. The van der Waals surface area contributed by atoms with E-state index < -0.39 is 61.5 Å². The molecule has 45 heavy (non-hydrogen) atoms. The van der Waals surface area contributed by atoms with Gasteiger partial charge in [0.25, 0.3) is 0 Å². The first-order chi connectivity index (χ1) is 20.5. The highest BCUT2D eigenvalue weighted by Crippen LogP contribution is 2.72. The maximum atomic E-state index is 14.4. The van der Waals surface area contributed by atoms with Crippen molar-refractivity contribution in [1.29, 1.82) is 0 Å². The molecular formula is C29H27F9O6S. The minimum atomic E-state index is -7.45. The Morgan fingerprint density at radius 1 is 0.911 bits per heavy atom. The summed E-state index contributed by atoms with van der Waals surface area (Å²) in [5.74, 6) is -17.4. The van der Waals surface area contributed by atoms with Gasteiger partial charge in [0.05, 0.1) is 5.60 Å². The van der Waals surface area contributed by atoms with Crippen LogP contribution in [0.1, 0.15) is 68.9 Å². The van der Waals surface area contributed by atoms with Gasteiger partial charge in [0.1, 0.15) is 11.5 Å². The van der Waals surface area contributed by atoms with Gasteiger partial charge in [0, 0.05) is 29.6 Å². The number of alkyl halides is 9. The van der Waals surface area contributed by atoms with Crippen LogP contribution < -0.4 is 4.18 Å². The summed E-state index contributed by atoms with van der Waals surface area (Å²) in [5.41, 5.74) is -2.19. The molecule has 1 unspecified atom stereocenters. The normalized spacial score (nSPS) is 35.2. The largest absolute Gasteiger partial charge is 0.460 e. The Morgan fingerprint density at radius 3 is 2.20 bits per heavy atom. The Bertz CT molecular complexity index is 1640. The van der Waals surface area contributed by atoms with Crippen LogP contribution in [-0.2, 0) is 26.1 Å². The summed E-state index contributed by atoms with van der Waals surface area (Å²) in [6.45, 7) is 1.81. The van der Waals surface area contributed by atoms with Crippen molar-refractivity contribution in [3.05, 3.63) is 41.0 Å². The lowest BCUT2D eigenvalue weighted by Gasteiger charge is -2.68. The number of rotatable bonds is 5. The molecule has 5 aliphatic carbocycles. The average molecular weight is 675 g/mol. The van der Waals surface area contributed by atoms with Gasteiger partial charge in [-0.15, -0.1) is 0 Å². The quantitative estimate of drug-likeness (QED) is 0.293. The molecule has 6 nitrogen and oxygen atoms in total. The van der Waals surface area contributed by atoms with Crippen LogP contribution in [0.4, 0.5) is 39.5 Å². The molecule has 1 aromatic carbocycles. The number of Topliss-reactive ketones (excluding diaryl/α,β-unsaturated/α-hetero) is 1. The summed E-state index contributed by atoms with van der Waals surface area (Å²) in [4.78, 5) is 25.6. The highest BCUT2D eigenvalue weighted by atomic mass is 32.2. The highest BCUT2D eigenvalue weighted by Gasteiger charge is 2.86. The molecule has 1 spiro atoms. The summed E-state index contributed by atoms with van der Waals surface area (Å²) in [5, 5.41) is 5.77. The number of hydrogen-bond acceptors (Lipinski definition) is 6. The highest BCUT2D eigenvalue weighted by molar-refractivity contribution is 7.88. The van der Waals surface area contributed by atoms with E-state index in [9.17, 15) is 62.6 Å². The van der Waals surface area contributed by atoms with E-state index in [0.717, 1.165) is 12.1 Å². The fourth-order valence-electron chi connectivity index (χ4n) is 9.08. The minimum absolute atomic E-state index is 0.000694. The zero-order valence-corrected chi connectivity index (χ0v) is 24.3. The Balaban J connectivity index is 1.44. The van der Waals surface area contributed by atoms with Gasteiger partial charge in [-0.3, -0.25) is 9.59 Å². The fourth-order valence-corrected chi connectivity index (χ4v) is 9.99. The first-order valence-corrected chi connectivity index (χ1v) is 15.7. The zero-order chi connectivity index (χ0) is 33.4. The molecule has 0 amide bonds. The average Bonchev–Trinajstić information content (AvgIpc) is 3.21. The fraction of sp³-hybridized carbons (Fsp3) is 0.655. The number of halogens is 9. The van der Waals surface area contributed by atoms with Crippen LogP contribution >= 0.6 is 0 Å². The second kappa shape index (κ2) is 9.26. The van der Waals surface area contributed by atoms with Crippen molar-refractivity contribution in [3.63, 3.8) is 0 Å². The Kier molecular flexibility index (Phi) is 6.65. The monoisotopic (exact) mass is 674 g/mol. The van der Waals surface area contributed by atoms with Crippen LogP contribution in [0, 0.1) is 22.7 Å². The topological polar surface area (TPSA) is 97.7 Å². The number of aliphatic hydroxyl groups is 1. The van der Waals surface area contributed by atoms with Crippen molar-refractivity contribution >= 4 is 21.7 Å². The SMILES string of the molecule is C[C@]12CC3c4ccc(OS(=O)(=O)C(F)(F)C(F)(F)C(F)(F)C(F)(F)F)cc4C[C@]45CCC(=O)C=C4CC[C@@H]([C@@H]1CCC2=O)[C@]35O. The van der Waals surface area contributed by atoms with Gasteiger partial charge in [0.2, 0.25) is 0 Å². The van der Waals surface area contributed by atoms with E-state index in [1.807, 2.05) is 6.92 Å². The molecule has 5 aliphatic rings. The van der Waals surface area contributed by atoms with E-state index in [4.69, 9.17) is 0 Å². The summed E-state index contributed by atoms with van der Waals surface area (Å²) < 4.78 is 150. The molecule has 3 saturated carbocycles. The van der Waals surface area contributed by atoms with Crippen molar-refractivity contribution in [2.24, 2.45) is 22.7 Å². The van der Waals surface area contributed by atoms with E-state index in [2.05, 4.69) is 4.18 Å². The molecule has 1 aromatic rings. The van der Waals surface area contributed by atoms with E-state index in [-0.39, 0.29) is 54.6 Å². The third-order valence-corrected chi connectivity index (χ3v) is 12.5. The van der Waals surface area contributed by atoms with Gasteiger partial charge < -0.3 is 9.29 Å². The number of benzene rings is 1. The van der Waals surface area contributed by atoms with Crippen LogP contribution in [0.15, 0.2) is 29.8 Å². The maximum absolute atomic E-state index is 14.4. The van der Waals surface area contributed by atoms with Gasteiger partial charge in [-0.2, -0.15) is 47.9 Å². The standard InChI is InChI=1S/C29H27F9O6S/c1-23-13-21-18-4-3-17(44-45(42,43)29(37,38)27(32,33)26(30,31)28(34,35)36)10-14(18)12-24-9-8-16(39)11-15(24)2-5-20(25(21,24)41)19(23)6-7-22(23)40/h3-4,10-11,19-21,41H,2,5-9,12-13H2,1H3/t19-,20-,21?,23-,24+,25-/m0/s1. The summed E-state index contributed by atoms with van der Waals surface area (Å²) >= 11 is 0. The van der Waals surface area contributed by atoms with E-state index in [0.29, 0.717) is 36.8 Å². The molecule has 3 fully saturated rings.